The van der Waals surface area contributed by atoms with E-state index in [2.05, 4.69) is 14.9 Å². The molecular weight excluding hydrogens is 325 g/mol. The molecule has 1 aromatic carbocycles. The lowest BCUT2D eigenvalue weighted by molar-refractivity contribution is 0.242. The quantitative estimate of drug-likeness (QED) is 0.622. The second-order valence-corrected chi connectivity index (χ2v) is 6.56. The largest absolute Gasteiger partial charge is 0.294 e. The van der Waals surface area contributed by atoms with E-state index in [1.165, 1.54) is 11.3 Å². The highest BCUT2D eigenvalue weighted by Gasteiger charge is 2.19. The molecule has 0 atom stereocenters. The maximum absolute atomic E-state index is 6.27. The first-order chi connectivity index (χ1) is 10.2. The summed E-state index contributed by atoms with van der Waals surface area (Å²) in [6.45, 7) is 2.62. The van der Waals surface area contributed by atoms with Gasteiger partial charge in [-0.3, -0.25) is 4.90 Å². The van der Waals surface area contributed by atoms with Crippen LogP contribution in [0.4, 0.5) is 0 Å². The first-order valence-corrected chi connectivity index (χ1v) is 8.69. The Morgan fingerprint density at radius 2 is 2.19 bits per heavy atom. The van der Waals surface area contributed by atoms with E-state index in [4.69, 9.17) is 23.2 Å². The molecule has 0 spiro atoms. The van der Waals surface area contributed by atoms with Gasteiger partial charge in [-0.2, -0.15) is 0 Å². The van der Waals surface area contributed by atoms with Gasteiger partial charge in [0.15, 0.2) is 5.16 Å². The van der Waals surface area contributed by atoms with Crippen molar-refractivity contribution in [1.82, 2.24) is 14.9 Å². The molecule has 2 aromatic rings. The van der Waals surface area contributed by atoms with E-state index in [-0.39, 0.29) is 0 Å². The first-order valence-electron chi connectivity index (χ1n) is 6.71. The molecule has 0 saturated carbocycles. The zero-order valence-corrected chi connectivity index (χ0v) is 14.0. The Bertz CT molecular complexity index is 663. The minimum absolute atomic E-state index is 0.611. The molecule has 1 aliphatic heterocycles. The third-order valence-electron chi connectivity index (χ3n) is 3.60. The summed E-state index contributed by atoms with van der Waals surface area (Å²) in [5, 5.41) is 2.11. The van der Waals surface area contributed by atoms with Crippen molar-refractivity contribution in [1.29, 1.82) is 0 Å². The van der Waals surface area contributed by atoms with Crippen molar-refractivity contribution >= 4 is 35.0 Å². The summed E-state index contributed by atoms with van der Waals surface area (Å²) in [5.41, 5.74) is 3.44. The summed E-state index contributed by atoms with van der Waals surface area (Å²) < 4.78 is 0. The molecule has 0 aliphatic carbocycles. The van der Waals surface area contributed by atoms with Crippen molar-refractivity contribution in [3.63, 3.8) is 0 Å². The van der Waals surface area contributed by atoms with Gasteiger partial charge in [-0.1, -0.05) is 47.1 Å². The molecule has 21 heavy (non-hydrogen) atoms. The summed E-state index contributed by atoms with van der Waals surface area (Å²) in [7, 11) is 0. The summed E-state index contributed by atoms with van der Waals surface area (Å²) in [4.78, 5) is 11.3. The molecule has 0 fully saturated rings. The number of rotatable bonds is 3. The summed E-state index contributed by atoms with van der Waals surface area (Å²) in [6, 6.07) is 5.78. The van der Waals surface area contributed by atoms with Gasteiger partial charge in [-0.25, -0.2) is 9.97 Å². The predicted octanol–water partition coefficient (Wildman–Crippen LogP) is 4.06. The fraction of sp³-hybridized carbons (Fsp3) is 0.333. The lowest BCUT2D eigenvalue weighted by Gasteiger charge is -2.28. The molecule has 110 valence electrons. The molecular formula is C15H15Cl2N3S. The van der Waals surface area contributed by atoms with Crippen LogP contribution in [0.15, 0.2) is 29.6 Å². The summed E-state index contributed by atoms with van der Waals surface area (Å²) in [6.07, 6.45) is 4.89. The highest BCUT2D eigenvalue weighted by molar-refractivity contribution is 7.98. The van der Waals surface area contributed by atoms with E-state index >= 15 is 0 Å². The SMILES string of the molecule is CSc1ncc2c(n1)CCN(Cc1cccc(Cl)c1Cl)C2. The van der Waals surface area contributed by atoms with Crippen molar-refractivity contribution < 1.29 is 0 Å². The van der Waals surface area contributed by atoms with Crippen LogP contribution in [0.1, 0.15) is 16.8 Å². The zero-order chi connectivity index (χ0) is 14.8. The van der Waals surface area contributed by atoms with Gasteiger partial charge in [0.1, 0.15) is 0 Å². The topological polar surface area (TPSA) is 29.0 Å². The molecule has 3 nitrogen and oxygen atoms in total. The third-order valence-corrected chi connectivity index (χ3v) is 5.02. The van der Waals surface area contributed by atoms with Crippen molar-refractivity contribution in [3.8, 4) is 0 Å². The molecule has 0 amide bonds. The maximum atomic E-state index is 6.27. The fourth-order valence-electron chi connectivity index (χ4n) is 2.50. The van der Waals surface area contributed by atoms with E-state index in [1.807, 2.05) is 30.7 Å². The van der Waals surface area contributed by atoms with Gasteiger partial charge < -0.3 is 0 Å². The van der Waals surface area contributed by atoms with E-state index in [0.29, 0.717) is 10.0 Å². The lowest BCUT2D eigenvalue weighted by Crippen LogP contribution is -2.31. The summed E-state index contributed by atoms with van der Waals surface area (Å²) >= 11 is 13.9. The van der Waals surface area contributed by atoms with Crippen LogP contribution in [0, 0.1) is 0 Å². The van der Waals surface area contributed by atoms with Gasteiger partial charge >= 0.3 is 0 Å². The van der Waals surface area contributed by atoms with Gasteiger partial charge in [-0.05, 0) is 17.9 Å². The second-order valence-electron chi connectivity index (χ2n) is 5.00. The van der Waals surface area contributed by atoms with Crippen molar-refractivity contribution in [2.24, 2.45) is 0 Å². The van der Waals surface area contributed by atoms with Gasteiger partial charge in [0.05, 0.1) is 15.7 Å². The molecule has 2 heterocycles. The lowest BCUT2D eigenvalue weighted by atomic mass is 10.1. The number of fused-ring (bicyclic) bond motifs is 1. The standard InChI is InChI=1S/C15H15Cl2N3S/c1-21-15-18-7-11-9-20(6-5-13(11)19-15)8-10-3-2-4-12(16)14(10)17/h2-4,7H,5-6,8-9H2,1H3. The fourth-order valence-corrected chi connectivity index (χ4v) is 3.24. The van der Waals surface area contributed by atoms with E-state index < -0.39 is 0 Å². The molecule has 3 rings (SSSR count). The van der Waals surface area contributed by atoms with Crippen LogP contribution in [0.2, 0.25) is 10.0 Å². The molecule has 0 bridgehead atoms. The Labute approximate surface area is 138 Å². The second kappa shape index (κ2) is 6.53. The summed E-state index contributed by atoms with van der Waals surface area (Å²) in [5.74, 6) is 0. The average molecular weight is 340 g/mol. The van der Waals surface area contributed by atoms with Crippen LogP contribution in [-0.4, -0.2) is 27.7 Å². The monoisotopic (exact) mass is 339 g/mol. The zero-order valence-electron chi connectivity index (χ0n) is 11.6. The van der Waals surface area contributed by atoms with Gasteiger partial charge in [-0.15, -0.1) is 0 Å². The maximum Gasteiger partial charge on any atom is 0.187 e. The molecule has 1 aliphatic rings. The molecule has 6 heteroatoms. The van der Waals surface area contributed by atoms with Crippen LogP contribution in [0.25, 0.3) is 0 Å². The number of halogens is 2. The van der Waals surface area contributed by atoms with Crippen LogP contribution in [0.3, 0.4) is 0 Å². The minimum atomic E-state index is 0.611. The number of benzene rings is 1. The van der Waals surface area contributed by atoms with Crippen LogP contribution in [-0.2, 0) is 19.5 Å². The van der Waals surface area contributed by atoms with E-state index in [1.54, 1.807) is 11.8 Å². The van der Waals surface area contributed by atoms with Gasteiger partial charge in [0, 0.05) is 37.8 Å². The Hall–Kier alpha value is -0.810. The van der Waals surface area contributed by atoms with Gasteiger partial charge in [0.25, 0.3) is 0 Å². The minimum Gasteiger partial charge on any atom is -0.294 e. The number of aromatic nitrogens is 2. The Morgan fingerprint density at radius 1 is 1.33 bits per heavy atom. The molecule has 0 unspecified atom stereocenters. The van der Waals surface area contributed by atoms with Crippen molar-refractivity contribution in [2.75, 3.05) is 12.8 Å². The van der Waals surface area contributed by atoms with Crippen LogP contribution >= 0.6 is 35.0 Å². The van der Waals surface area contributed by atoms with E-state index in [0.717, 1.165) is 36.8 Å². The van der Waals surface area contributed by atoms with Gasteiger partial charge in [0.2, 0.25) is 0 Å². The predicted molar refractivity (Wildman–Crippen MR) is 88.1 cm³/mol. The highest BCUT2D eigenvalue weighted by atomic mass is 35.5. The smallest absolute Gasteiger partial charge is 0.187 e. The molecule has 0 radical (unpaired) electrons. The normalized spacial score (nSPS) is 15.0. The van der Waals surface area contributed by atoms with Crippen molar-refractivity contribution in [3.05, 3.63) is 51.3 Å². The number of nitrogens with zero attached hydrogens (tertiary/aromatic N) is 3. The molecule has 1 aromatic heterocycles. The number of hydrogen-bond acceptors (Lipinski definition) is 4. The third kappa shape index (κ3) is 3.34. The number of hydrogen-bond donors (Lipinski definition) is 0. The van der Waals surface area contributed by atoms with E-state index in [9.17, 15) is 0 Å². The average Bonchev–Trinajstić information content (AvgIpc) is 2.51. The highest BCUT2D eigenvalue weighted by Crippen LogP contribution is 2.28. The molecule has 0 saturated heterocycles. The first kappa shape index (κ1) is 15.1. The van der Waals surface area contributed by atoms with Crippen molar-refractivity contribution in [2.45, 2.75) is 24.7 Å². The Kier molecular flexibility index (Phi) is 4.69. The number of thioether (sulfide) groups is 1. The Balaban J connectivity index is 1.76. The molecule has 0 N–H and O–H groups in total. The Morgan fingerprint density at radius 3 is 3.00 bits per heavy atom. The van der Waals surface area contributed by atoms with Crippen LogP contribution in [0.5, 0.6) is 0 Å². The van der Waals surface area contributed by atoms with Crippen LogP contribution < -0.4 is 0 Å².